The van der Waals surface area contributed by atoms with Crippen LogP contribution >= 0.6 is 11.5 Å². The van der Waals surface area contributed by atoms with Crippen molar-refractivity contribution < 1.29 is 24.8 Å². The highest BCUT2D eigenvalue weighted by molar-refractivity contribution is 7.09. The van der Waals surface area contributed by atoms with Crippen LogP contribution in [0.3, 0.4) is 0 Å². The summed E-state index contributed by atoms with van der Waals surface area (Å²) in [4.78, 5) is 5.99. The summed E-state index contributed by atoms with van der Waals surface area (Å²) in [6.45, 7) is -0.408. The number of anilines is 2. The molecule has 10 heteroatoms. The molecule has 0 radical (unpaired) electrons. The number of nitrogens with zero attached hydrogens (tertiary/aromatic N) is 3. The van der Waals surface area contributed by atoms with Gasteiger partial charge >= 0.3 is 0 Å². The molecule has 0 amide bonds. The Bertz CT molecular complexity index is 458. The maximum atomic E-state index is 10.2. The third-order valence-corrected chi connectivity index (χ3v) is 3.86. The Morgan fingerprint density at radius 1 is 1.38 bits per heavy atom. The lowest BCUT2D eigenvalue weighted by atomic mass is 9.97. The summed E-state index contributed by atoms with van der Waals surface area (Å²) in [6, 6.07) is -0.726. The molecule has 0 spiro atoms. The second-order valence-electron chi connectivity index (χ2n) is 4.91. The minimum Gasteiger partial charge on any atom is -0.394 e. The first-order valence-electron chi connectivity index (χ1n) is 6.40. The van der Waals surface area contributed by atoms with E-state index < -0.39 is 37.3 Å². The highest BCUT2D eigenvalue weighted by atomic mass is 32.1. The van der Waals surface area contributed by atoms with E-state index in [0.717, 1.165) is 11.5 Å². The van der Waals surface area contributed by atoms with Crippen LogP contribution in [0.15, 0.2) is 0 Å². The molecule has 120 valence electrons. The zero-order valence-corrected chi connectivity index (χ0v) is 12.8. The van der Waals surface area contributed by atoms with Crippen molar-refractivity contribution in [1.29, 1.82) is 0 Å². The van der Waals surface area contributed by atoms with Crippen LogP contribution in [0, 0.1) is 0 Å². The average Bonchev–Trinajstić information content (AvgIpc) is 2.93. The van der Waals surface area contributed by atoms with Crippen LogP contribution in [0.5, 0.6) is 0 Å². The lowest BCUT2D eigenvalue weighted by Crippen LogP contribution is -2.61. The van der Waals surface area contributed by atoms with E-state index in [2.05, 4.69) is 14.7 Å². The predicted octanol–water partition coefficient (Wildman–Crippen LogP) is -1.53. The number of methoxy groups -OCH3 is 1. The molecule has 9 nitrogen and oxygen atoms in total. The molecule has 0 unspecified atom stereocenters. The minimum absolute atomic E-state index is 0.408. The van der Waals surface area contributed by atoms with Gasteiger partial charge in [0.25, 0.3) is 0 Å². The van der Waals surface area contributed by atoms with E-state index in [9.17, 15) is 10.2 Å². The Morgan fingerprint density at radius 2 is 2.10 bits per heavy atom. The summed E-state index contributed by atoms with van der Waals surface area (Å²) in [6.07, 6.45) is -4.12. The summed E-state index contributed by atoms with van der Waals surface area (Å²) in [5.41, 5.74) is 0. The van der Waals surface area contributed by atoms with E-state index in [0.29, 0.717) is 11.1 Å². The largest absolute Gasteiger partial charge is 0.394 e. The number of aromatic nitrogens is 2. The molecule has 0 aromatic carbocycles. The number of ether oxygens (including phenoxy) is 2. The molecular weight excluding hydrogens is 300 g/mol. The van der Waals surface area contributed by atoms with E-state index >= 15 is 0 Å². The molecule has 2 rings (SSSR count). The Hall–Kier alpha value is -1.04. The zero-order valence-electron chi connectivity index (χ0n) is 12.0. The summed E-state index contributed by atoms with van der Waals surface area (Å²) in [5.74, 6) is 0.538. The second kappa shape index (κ2) is 6.81. The molecule has 1 aromatic heterocycles. The van der Waals surface area contributed by atoms with Gasteiger partial charge in [-0.3, -0.25) is 0 Å². The Morgan fingerprint density at radius 3 is 2.62 bits per heavy atom. The molecule has 1 aliphatic heterocycles. The van der Waals surface area contributed by atoms with Gasteiger partial charge in [0.05, 0.1) is 6.61 Å². The van der Waals surface area contributed by atoms with Gasteiger partial charge in [0.1, 0.15) is 24.4 Å². The van der Waals surface area contributed by atoms with Crippen LogP contribution in [0.4, 0.5) is 11.1 Å². The number of hydrogen-bond acceptors (Lipinski definition) is 10. The van der Waals surface area contributed by atoms with E-state index in [1.807, 2.05) is 14.1 Å². The number of hydrogen-bond donors (Lipinski definition) is 4. The van der Waals surface area contributed by atoms with Crippen molar-refractivity contribution in [1.82, 2.24) is 9.36 Å². The van der Waals surface area contributed by atoms with Crippen LogP contribution in [0.2, 0.25) is 0 Å². The van der Waals surface area contributed by atoms with Crippen molar-refractivity contribution in [3.8, 4) is 0 Å². The van der Waals surface area contributed by atoms with Gasteiger partial charge in [-0.2, -0.15) is 9.36 Å². The monoisotopic (exact) mass is 320 g/mol. The van der Waals surface area contributed by atoms with E-state index in [4.69, 9.17) is 14.6 Å². The summed E-state index contributed by atoms with van der Waals surface area (Å²) in [7, 11) is 5.06. The first kappa shape index (κ1) is 16.3. The van der Waals surface area contributed by atoms with E-state index in [-0.39, 0.29) is 0 Å². The van der Waals surface area contributed by atoms with Crippen LogP contribution in [0.1, 0.15) is 0 Å². The molecule has 0 bridgehead atoms. The fraction of sp³-hybridized carbons (Fsp3) is 0.818. The van der Waals surface area contributed by atoms with Gasteiger partial charge in [0, 0.05) is 32.7 Å². The molecule has 0 saturated carbocycles. The first-order chi connectivity index (χ1) is 9.97. The second-order valence-corrected chi connectivity index (χ2v) is 5.66. The van der Waals surface area contributed by atoms with Crippen molar-refractivity contribution in [3.05, 3.63) is 0 Å². The lowest BCUT2D eigenvalue weighted by molar-refractivity contribution is -0.254. The van der Waals surface area contributed by atoms with Crippen molar-refractivity contribution in [2.24, 2.45) is 0 Å². The number of nitrogens with one attached hydrogen (secondary N) is 1. The summed E-state index contributed by atoms with van der Waals surface area (Å²) in [5, 5.41) is 32.7. The Kier molecular flexibility index (Phi) is 5.30. The van der Waals surface area contributed by atoms with Crippen molar-refractivity contribution in [3.63, 3.8) is 0 Å². The van der Waals surface area contributed by atoms with Crippen LogP contribution in [-0.2, 0) is 9.47 Å². The molecule has 4 N–H and O–H groups in total. The maximum Gasteiger partial charge on any atom is 0.238 e. The highest BCUT2D eigenvalue weighted by Crippen LogP contribution is 2.26. The SMILES string of the molecule is CO[C@@H]1O[C@H](CO)[C@H](O)[C@H](O)[C@H]1Nc1nc(N(C)C)ns1. The minimum atomic E-state index is -1.22. The number of rotatable bonds is 5. The fourth-order valence-corrected chi connectivity index (χ4v) is 2.72. The third kappa shape index (κ3) is 3.42. The summed E-state index contributed by atoms with van der Waals surface area (Å²) < 4.78 is 14.7. The van der Waals surface area contributed by atoms with E-state index in [1.165, 1.54) is 7.11 Å². The van der Waals surface area contributed by atoms with Gasteiger partial charge in [0.15, 0.2) is 6.29 Å². The predicted molar refractivity (Wildman–Crippen MR) is 76.4 cm³/mol. The van der Waals surface area contributed by atoms with E-state index in [1.54, 1.807) is 4.90 Å². The fourth-order valence-electron chi connectivity index (χ4n) is 2.04. The van der Waals surface area contributed by atoms with Gasteiger partial charge in [-0.15, -0.1) is 0 Å². The topological polar surface area (TPSA) is 120 Å². The Labute approximate surface area is 126 Å². The van der Waals surface area contributed by atoms with Crippen molar-refractivity contribution in [2.75, 3.05) is 38.0 Å². The molecular formula is C11H20N4O5S. The Balaban J connectivity index is 2.12. The number of aliphatic hydroxyl groups excluding tert-OH is 3. The third-order valence-electron chi connectivity index (χ3n) is 3.22. The molecule has 21 heavy (non-hydrogen) atoms. The van der Waals surface area contributed by atoms with Crippen LogP contribution in [-0.4, -0.2) is 83.1 Å². The number of aliphatic hydroxyl groups is 3. The summed E-state index contributed by atoms with van der Waals surface area (Å²) >= 11 is 1.13. The zero-order chi connectivity index (χ0) is 15.6. The first-order valence-corrected chi connectivity index (χ1v) is 7.18. The normalized spacial score (nSPS) is 33.0. The molecule has 0 aliphatic carbocycles. The standard InChI is InChI=1S/C11H20N4O5S/c1-15(2)10-13-11(21-14-10)12-6-8(18)7(17)5(4-16)20-9(6)19-3/h5-9,16-18H,4H2,1-3H3,(H,12,13,14)/t5-,6-,7+,8-,9-/m1/s1. The van der Waals surface area contributed by atoms with Crippen LogP contribution in [0.25, 0.3) is 0 Å². The lowest BCUT2D eigenvalue weighted by Gasteiger charge is -2.41. The smallest absolute Gasteiger partial charge is 0.238 e. The van der Waals surface area contributed by atoms with Crippen molar-refractivity contribution >= 4 is 22.6 Å². The van der Waals surface area contributed by atoms with Gasteiger partial charge in [-0.05, 0) is 0 Å². The van der Waals surface area contributed by atoms with Crippen molar-refractivity contribution in [2.45, 2.75) is 30.6 Å². The van der Waals surface area contributed by atoms with Gasteiger partial charge in [0.2, 0.25) is 11.1 Å². The molecule has 5 atom stereocenters. The molecule has 1 aromatic rings. The van der Waals surface area contributed by atoms with Gasteiger partial charge in [-0.25, -0.2) is 0 Å². The maximum absolute atomic E-state index is 10.2. The average molecular weight is 320 g/mol. The quantitative estimate of drug-likeness (QED) is 0.512. The van der Waals surface area contributed by atoms with Gasteiger partial charge < -0.3 is 35.0 Å². The van der Waals surface area contributed by atoms with Gasteiger partial charge in [-0.1, -0.05) is 0 Å². The molecule has 1 saturated heterocycles. The molecule has 1 aliphatic rings. The van der Waals surface area contributed by atoms with Crippen LogP contribution < -0.4 is 10.2 Å². The highest BCUT2D eigenvalue weighted by Gasteiger charge is 2.44. The molecule has 1 fully saturated rings. The molecule has 2 heterocycles.